The minimum atomic E-state index is -0.650. The summed E-state index contributed by atoms with van der Waals surface area (Å²) in [6.45, 7) is 10.3. The summed E-state index contributed by atoms with van der Waals surface area (Å²) >= 11 is 0. The molecule has 0 aromatic heterocycles. The number of nitrogens with one attached hydrogen (secondary N) is 1. The lowest BCUT2D eigenvalue weighted by molar-refractivity contribution is 0.126. The molecule has 0 saturated carbocycles. The van der Waals surface area contributed by atoms with Crippen LogP contribution in [0.2, 0.25) is 0 Å². The van der Waals surface area contributed by atoms with E-state index in [4.69, 9.17) is 4.74 Å². The number of aromatic hydroxyl groups is 1. The number of hydrogen-bond donors (Lipinski definition) is 4. The minimum Gasteiger partial charge on any atom is -0.508 e. The Labute approximate surface area is 169 Å². The Bertz CT molecular complexity index is 574. The lowest BCUT2D eigenvalue weighted by Crippen LogP contribution is -2.22. The molecule has 1 unspecified atom stereocenters. The molecule has 1 rings (SSSR count). The van der Waals surface area contributed by atoms with Crippen molar-refractivity contribution in [3.63, 3.8) is 0 Å². The van der Waals surface area contributed by atoms with Crippen molar-refractivity contribution in [1.29, 1.82) is 0 Å². The number of hydrogen-bond acceptors (Lipinski definition) is 5. The molecule has 4 N–H and O–H groups in total. The highest BCUT2D eigenvalue weighted by atomic mass is 16.5. The van der Waals surface area contributed by atoms with E-state index in [2.05, 4.69) is 18.5 Å². The first kappa shape index (κ1) is 24.4. The van der Waals surface area contributed by atoms with Crippen LogP contribution in [0.5, 0.6) is 5.75 Å². The van der Waals surface area contributed by atoms with Crippen LogP contribution >= 0.6 is 0 Å². The predicted molar refractivity (Wildman–Crippen MR) is 114 cm³/mol. The third kappa shape index (κ3) is 10.6. The lowest BCUT2D eigenvalue weighted by atomic mass is 10.1. The summed E-state index contributed by atoms with van der Waals surface area (Å²) in [7, 11) is 0. The third-order valence-electron chi connectivity index (χ3n) is 4.71. The van der Waals surface area contributed by atoms with E-state index in [1.165, 1.54) is 6.07 Å². The van der Waals surface area contributed by atoms with Gasteiger partial charge in [0.2, 0.25) is 0 Å². The van der Waals surface area contributed by atoms with Gasteiger partial charge in [-0.25, -0.2) is 0 Å². The molecular formula is C23H37NO4. The summed E-state index contributed by atoms with van der Waals surface area (Å²) in [6.07, 6.45) is 8.78. The zero-order valence-corrected chi connectivity index (χ0v) is 17.0. The molecule has 0 aliphatic rings. The highest BCUT2D eigenvalue weighted by molar-refractivity contribution is 5.36. The van der Waals surface area contributed by atoms with E-state index >= 15 is 0 Å². The van der Waals surface area contributed by atoms with E-state index in [0.717, 1.165) is 70.3 Å². The Kier molecular flexibility index (Phi) is 13.3. The van der Waals surface area contributed by atoms with Crippen molar-refractivity contribution >= 4 is 0 Å². The van der Waals surface area contributed by atoms with Crippen LogP contribution < -0.4 is 5.32 Å². The highest BCUT2D eigenvalue weighted by Crippen LogP contribution is 2.22. The van der Waals surface area contributed by atoms with E-state index in [-0.39, 0.29) is 12.4 Å². The maximum absolute atomic E-state index is 10.2. The van der Waals surface area contributed by atoms with Gasteiger partial charge in [-0.1, -0.05) is 43.7 Å². The number of allylic oxidation sites excluding steroid dienone is 2. The largest absolute Gasteiger partial charge is 0.508 e. The lowest BCUT2D eigenvalue weighted by Gasteiger charge is -2.14. The van der Waals surface area contributed by atoms with Crippen LogP contribution in [-0.2, 0) is 11.3 Å². The minimum absolute atomic E-state index is 0.0500. The Hall–Kier alpha value is -1.66. The Morgan fingerprint density at radius 2 is 1.82 bits per heavy atom. The van der Waals surface area contributed by atoms with Crippen LogP contribution in [0.3, 0.4) is 0 Å². The molecule has 0 aliphatic heterocycles. The van der Waals surface area contributed by atoms with Crippen LogP contribution in [0.25, 0.3) is 0 Å². The molecule has 0 aliphatic carbocycles. The van der Waals surface area contributed by atoms with E-state index < -0.39 is 6.10 Å². The number of phenols is 1. The Balaban J connectivity index is 1.95. The van der Waals surface area contributed by atoms with E-state index in [9.17, 15) is 15.3 Å². The maximum atomic E-state index is 10.2. The molecule has 1 aromatic carbocycles. The smallest absolute Gasteiger partial charge is 0.121 e. The molecule has 0 bridgehead atoms. The van der Waals surface area contributed by atoms with Crippen LogP contribution in [0.1, 0.15) is 62.2 Å². The zero-order chi connectivity index (χ0) is 20.6. The molecule has 0 heterocycles. The SMILES string of the molecule is C=CC(=C)CCCCOCCCCCCNCC(O)c1ccc(O)c(CO)c1. The van der Waals surface area contributed by atoms with Gasteiger partial charge in [0.05, 0.1) is 12.7 Å². The first-order chi connectivity index (χ1) is 13.6. The third-order valence-corrected chi connectivity index (χ3v) is 4.71. The van der Waals surface area contributed by atoms with Gasteiger partial charge in [0.15, 0.2) is 0 Å². The number of ether oxygens (including phenoxy) is 1. The summed E-state index contributed by atoms with van der Waals surface area (Å²) in [4.78, 5) is 0. The highest BCUT2D eigenvalue weighted by Gasteiger charge is 2.09. The van der Waals surface area contributed by atoms with Crippen LogP contribution in [0, 0.1) is 0 Å². The summed E-state index contributed by atoms with van der Waals surface area (Å²) in [6, 6.07) is 4.82. The van der Waals surface area contributed by atoms with Gasteiger partial charge < -0.3 is 25.4 Å². The first-order valence-electron chi connectivity index (χ1n) is 10.3. The second-order valence-corrected chi connectivity index (χ2v) is 7.11. The molecule has 5 heteroatoms. The monoisotopic (exact) mass is 391 g/mol. The molecule has 28 heavy (non-hydrogen) atoms. The van der Waals surface area contributed by atoms with Gasteiger partial charge in [-0.15, -0.1) is 0 Å². The topological polar surface area (TPSA) is 82.0 Å². The Morgan fingerprint density at radius 1 is 1.11 bits per heavy atom. The Morgan fingerprint density at radius 3 is 2.54 bits per heavy atom. The summed E-state index contributed by atoms with van der Waals surface area (Å²) in [5, 5.41) is 32.2. The van der Waals surface area contributed by atoms with Gasteiger partial charge in [0, 0.05) is 25.3 Å². The fraction of sp³-hybridized carbons (Fsp3) is 0.565. The van der Waals surface area contributed by atoms with E-state index in [1.54, 1.807) is 12.1 Å². The number of aliphatic hydroxyl groups is 2. The summed E-state index contributed by atoms with van der Waals surface area (Å²) < 4.78 is 5.64. The second kappa shape index (κ2) is 15.3. The van der Waals surface area contributed by atoms with Crippen molar-refractivity contribution in [3.8, 4) is 5.75 Å². The number of aliphatic hydroxyl groups excluding tert-OH is 2. The van der Waals surface area contributed by atoms with Crippen LogP contribution in [-0.4, -0.2) is 41.6 Å². The van der Waals surface area contributed by atoms with Gasteiger partial charge in [-0.3, -0.25) is 0 Å². The normalized spacial score (nSPS) is 12.1. The average Bonchev–Trinajstić information content (AvgIpc) is 2.71. The zero-order valence-electron chi connectivity index (χ0n) is 17.0. The van der Waals surface area contributed by atoms with Gasteiger partial charge in [0.1, 0.15) is 5.75 Å². The van der Waals surface area contributed by atoms with E-state index in [0.29, 0.717) is 17.7 Å². The number of benzene rings is 1. The quantitative estimate of drug-likeness (QED) is 0.238. The van der Waals surface area contributed by atoms with Gasteiger partial charge in [-0.2, -0.15) is 0 Å². The summed E-state index contributed by atoms with van der Waals surface area (Å²) in [5.74, 6) is 0.0500. The second-order valence-electron chi connectivity index (χ2n) is 7.11. The van der Waals surface area contributed by atoms with Crippen molar-refractivity contribution in [1.82, 2.24) is 5.32 Å². The van der Waals surface area contributed by atoms with Gasteiger partial charge in [0.25, 0.3) is 0 Å². The number of rotatable bonds is 17. The molecular weight excluding hydrogens is 354 g/mol. The first-order valence-corrected chi connectivity index (χ1v) is 10.3. The predicted octanol–water partition coefficient (Wildman–Crippen LogP) is 4.00. The average molecular weight is 392 g/mol. The van der Waals surface area contributed by atoms with Crippen molar-refractivity contribution < 1.29 is 20.1 Å². The molecule has 158 valence electrons. The molecule has 0 spiro atoms. The maximum Gasteiger partial charge on any atom is 0.121 e. The van der Waals surface area contributed by atoms with Crippen molar-refractivity contribution in [2.75, 3.05) is 26.3 Å². The van der Waals surface area contributed by atoms with Crippen molar-refractivity contribution in [2.24, 2.45) is 0 Å². The van der Waals surface area contributed by atoms with Gasteiger partial charge in [-0.05, 0) is 56.3 Å². The summed E-state index contributed by atoms with van der Waals surface area (Å²) in [5.41, 5.74) is 2.22. The fourth-order valence-corrected chi connectivity index (χ4v) is 2.86. The fourth-order valence-electron chi connectivity index (χ4n) is 2.86. The van der Waals surface area contributed by atoms with Gasteiger partial charge >= 0.3 is 0 Å². The molecule has 0 fully saturated rings. The molecule has 0 radical (unpaired) electrons. The number of unbranched alkanes of at least 4 members (excludes halogenated alkanes) is 4. The standard InChI is InChI=1S/C23H37NO4/c1-3-19(2)10-6-9-15-28-14-8-5-4-7-13-24-17-23(27)20-11-12-22(26)21(16-20)18-25/h3,11-12,16,23-27H,1-2,4-10,13-15,17-18H2. The van der Waals surface area contributed by atoms with Crippen molar-refractivity contribution in [2.45, 2.75) is 57.7 Å². The van der Waals surface area contributed by atoms with E-state index in [1.807, 2.05) is 6.08 Å². The molecule has 5 nitrogen and oxygen atoms in total. The molecule has 1 aromatic rings. The van der Waals surface area contributed by atoms with Crippen molar-refractivity contribution in [3.05, 3.63) is 54.1 Å². The molecule has 0 saturated heterocycles. The molecule has 1 atom stereocenters. The molecule has 0 amide bonds. The van der Waals surface area contributed by atoms with Crippen LogP contribution in [0.4, 0.5) is 0 Å². The van der Waals surface area contributed by atoms with Crippen LogP contribution in [0.15, 0.2) is 43.0 Å².